The Kier molecular flexibility index (Phi) is 5.82. The molecular formula is C26H31NO5. The second kappa shape index (κ2) is 8.43. The molecule has 0 aliphatic carbocycles. The van der Waals surface area contributed by atoms with Crippen LogP contribution in [0.2, 0.25) is 0 Å². The van der Waals surface area contributed by atoms with E-state index in [-0.39, 0.29) is 11.8 Å². The molecule has 0 saturated carbocycles. The van der Waals surface area contributed by atoms with E-state index in [0.717, 1.165) is 33.9 Å². The van der Waals surface area contributed by atoms with Crippen LogP contribution in [-0.4, -0.2) is 51.5 Å². The van der Waals surface area contributed by atoms with Gasteiger partial charge in [0.25, 0.3) is 0 Å². The first-order chi connectivity index (χ1) is 15.4. The van der Waals surface area contributed by atoms with E-state index >= 15 is 0 Å². The average molecular weight is 438 g/mol. The van der Waals surface area contributed by atoms with Gasteiger partial charge in [-0.15, -0.1) is 0 Å². The summed E-state index contributed by atoms with van der Waals surface area (Å²) in [6.07, 6.45) is 0.842. The smallest absolute Gasteiger partial charge is 0.135 e. The van der Waals surface area contributed by atoms with Crippen molar-refractivity contribution in [3.63, 3.8) is 0 Å². The van der Waals surface area contributed by atoms with Gasteiger partial charge in [-0.2, -0.15) is 0 Å². The maximum absolute atomic E-state index is 11.3. The number of hydrogen-bond donors (Lipinski definition) is 1. The molecule has 4 rings (SSSR count). The number of fused-ring (bicyclic) bond motifs is 2. The van der Waals surface area contributed by atoms with E-state index in [9.17, 15) is 5.11 Å². The lowest BCUT2D eigenvalue weighted by Crippen LogP contribution is -2.38. The van der Waals surface area contributed by atoms with Crippen LogP contribution in [0.3, 0.4) is 0 Å². The van der Waals surface area contributed by atoms with E-state index in [1.165, 1.54) is 0 Å². The lowest BCUT2D eigenvalue weighted by atomic mass is 9.84. The zero-order chi connectivity index (χ0) is 23.2. The number of aromatic hydroxyl groups is 1. The van der Waals surface area contributed by atoms with E-state index in [1.54, 1.807) is 28.4 Å². The summed E-state index contributed by atoms with van der Waals surface area (Å²) in [5.74, 6) is 2.73. The van der Waals surface area contributed by atoms with Crippen molar-refractivity contribution < 1.29 is 24.1 Å². The van der Waals surface area contributed by atoms with Gasteiger partial charge >= 0.3 is 0 Å². The summed E-state index contributed by atoms with van der Waals surface area (Å²) < 4.78 is 23.1. The minimum absolute atomic E-state index is 0.132. The fourth-order valence-corrected chi connectivity index (χ4v) is 4.98. The molecule has 0 bridgehead atoms. The molecule has 1 N–H and O–H groups in total. The summed E-state index contributed by atoms with van der Waals surface area (Å²) in [7, 11) is 8.65. The first-order valence-corrected chi connectivity index (χ1v) is 10.7. The lowest BCUT2D eigenvalue weighted by molar-refractivity contribution is 0.175. The van der Waals surface area contributed by atoms with Crippen LogP contribution in [0.5, 0.6) is 28.7 Å². The molecule has 1 aliphatic heterocycles. The molecule has 0 amide bonds. The van der Waals surface area contributed by atoms with Crippen molar-refractivity contribution in [2.45, 2.75) is 32.4 Å². The van der Waals surface area contributed by atoms with Crippen LogP contribution < -0.4 is 18.9 Å². The first-order valence-electron chi connectivity index (χ1n) is 10.7. The van der Waals surface area contributed by atoms with Gasteiger partial charge in [0, 0.05) is 34.7 Å². The third kappa shape index (κ3) is 3.21. The molecular weight excluding hydrogens is 406 g/mol. The summed E-state index contributed by atoms with van der Waals surface area (Å²) >= 11 is 0. The summed E-state index contributed by atoms with van der Waals surface area (Å²) in [4.78, 5) is 2.33. The first kappa shape index (κ1) is 22.1. The zero-order valence-corrected chi connectivity index (χ0v) is 19.8. The topological polar surface area (TPSA) is 60.4 Å². The number of rotatable bonds is 5. The number of methoxy groups -OCH3 is 4. The number of likely N-dealkylation sites (N-methyl/N-ethyl adjacent to an activating group) is 1. The summed E-state index contributed by atoms with van der Waals surface area (Å²) in [6, 6.07) is 10.0. The van der Waals surface area contributed by atoms with Crippen molar-refractivity contribution in [2.75, 3.05) is 35.5 Å². The van der Waals surface area contributed by atoms with Gasteiger partial charge in [0.15, 0.2) is 0 Å². The third-order valence-electron chi connectivity index (χ3n) is 6.79. The van der Waals surface area contributed by atoms with Gasteiger partial charge in [-0.25, -0.2) is 0 Å². The fraction of sp³-hybridized carbons (Fsp3) is 0.385. The fourth-order valence-electron chi connectivity index (χ4n) is 4.98. The normalized spacial score (nSPS) is 18.3. The highest BCUT2D eigenvalue weighted by Gasteiger charge is 2.33. The molecule has 0 saturated heterocycles. The number of phenols is 1. The molecule has 0 aromatic heterocycles. The van der Waals surface area contributed by atoms with Crippen molar-refractivity contribution in [1.82, 2.24) is 4.90 Å². The Morgan fingerprint density at radius 2 is 1.56 bits per heavy atom. The highest BCUT2D eigenvalue weighted by molar-refractivity contribution is 6.08. The predicted octanol–water partition coefficient (Wildman–Crippen LogP) is 5.18. The summed E-state index contributed by atoms with van der Waals surface area (Å²) in [5.41, 5.74) is 3.55. The minimum atomic E-state index is 0.132. The molecule has 6 nitrogen and oxygen atoms in total. The van der Waals surface area contributed by atoms with E-state index < -0.39 is 0 Å². The van der Waals surface area contributed by atoms with Gasteiger partial charge in [0.2, 0.25) is 0 Å². The van der Waals surface area contributed by atoms with Crippen molar-refractivity contribution >= 4 is 10.8 Å². The maximum atomic E-state index is 11.3. The average Bonchev–Trinajstić information content (AvgIpc) is 2.80. The number of phenolic OH excluding ortho intramolecular Hbond substituents is 1. The number of ether oxygens (including phenoxy) is 4. The van der Waals surface area contributed by atoms with E-state index in [2.05, 4.69) is 25.8 Å². The largest absolute Gasteiger partial charge is 0.507 e. The standard InChI is InChI=1S/C26H31NO5/c1-14-11-16-12-18(28)25(26(32-7)22(16)15(2)27(14)3)24-17-9-8-10-19(29-4)23(17)20(30-5)13-21(24)31-6/h8-10,12-15,28H,11H2,1-7H3/t14-,15-/m1/s1. The SMILES string of the molecule is COc1cc(OC)c2c(OC)cccc2c1-c1c(O)cc2c(c1OC)[C@@H](C)N(C)[C@H](C)C2. The highest BCUT2D eigenvalue weighted by atomic mass is 16.5. The summed E-state index contributed by atoms with van der Waals surface area (Å²) in [5, 5.41) is 12.9. The second-order valence-electron chi connectivity index (χ2n) is 8.31. The molecule has 0 radical (unpaired) electrons. The van der Waals surface area contributed by atoms with Crippen molar-refractivity contribution in [1.29, 1.82) is 0 Å². The Balaban J connectivity index is 2.14. The molecule has 0 fully saturated rings. The summed E-state index contributed by atoms with van der Waals surface area (Å²) in [6.45, 7) is 4.37. The van der Waals surface area contributed by atoms with Crippen molar-refractivity contribution in [2.24, 2.45) is 0 Å². The van der Waals surface area contributed by atoms with Crippen LogP contribution in [-0.2, 0) is 6.42 Å². The Bertz CT molecular complexity index is 1170. The zero-order valence-electron chi connectivity index (χ0n) is 19.8. The van der Waals surface area contributed by atoms with E-state index in [0.29, 0.717) is 34.6 Å². The number of hydrogen-bond acceptors (Lipinski definition) is 6. The van der Waals surface area contributed by atoms with Crippen LogP contribution in [0.4, 0.5) is 0 Å². The Hall–Kier alpha value is -3.12. The molecule has 2 atom stereocenters. The van der Waals surface area contributed by atoms with Crippen LogP contribution in [0, 0.1) is 0 Å². The number of nitrogens with zero attached hydrogens (tertiary/aromatic N) is 1. The minimum Gasteiger partial charge on any atom is -0.507 e. The van der Waals surface area contributed by atoms with Gasteiger partial charge in [0.05, 0.1) is 39.4 Å². The van der Waals surface area contributed by atoms with Crippen LogP contribution in [0.15, 0.2) is 30.3 Å². The monoisotopic (exact) mass is 437 g/mol. The van der Waals surface area contributed by atoms with Crippen LogP contribution in [0.1, 0.15) is 31.0 Å². The van der Waals surface area contributed by atoms with Gasteiger partial charge in [0.1, 0.15) is 28.7 Å². The molecule has 3 aromatic rings. The molecule has 1 heterocycles. The highest BCUT2D eigenvalue weighted by Crippen LogP contribution is 2.54. The predicted molar refractivity (Wildman–Crippen MR) is 127 cm³/mol. The van der Waals surface area contributed by atoms with E-state index in [4.69, 9.17) is 18.9 Å². The molecule has 170 valence electrons. The molecule has 32 heavy (non-hydrogen) atoms. The van der Waals surface area contributed by atoms with Crippen LogP contribution in [0.25, 0.3) is 21.9 Å². The molecule has 0 spiro atoms. The van der Waals surface area contributed by atoms with Gasteiger partial charge in [-0.1, -0.05) is 12.1 Å². The lowest BCUT2D eigenvalue weighted by Gasteiger charge is -2.39. The van der Waals surface area contributed by atoms with Gasteiger partial charge in [-0.05, 0) is 45.0 Å². The Morgan fingerprint density at radius 3 is 2.19 bits per heavy atom. The molecule has 1 aliphatic rings. The molecule has 3 aromatic carbocycles. The quantitative estimate of drug-likeness (QED) is 0.593. The maximum Gasteiger partial charge on any atom is 0.135 e. The second-order valence-corrected chi connectivity index (χ2v) is 8.31. The van der Waals surface area contributed by atoms with Crippen molar-refractivity contribution in [3.05, 3.63) is 41.5 Å². The molecule has 6 heteroatoms. The Labute approximate surface area is 189 Å². The third-order valence-corrected chi connectivity index (χ3v) is 6.79. The van der Waals surface area contributed by atoms with E-state index in [1.807, 2.05) is 30.3 Å². The van der Waals surface area contributed by atoms with Crippen molar-refractivity contribution in [3.8, 4) is 39.9 Å². The van der Waals surface area contributed by atoms with Gasteiger partial charge < -0.3 is 24.1 Å². The van der Waals surface area contributed by atoms with Crippen LogP contribution >= 0.6 is 0 Å². The molecule has 0 unspecified atom stereocenters. The van der Waals surface area contributed by atoms with Gasteiger partial charge in [-0.3, -0.25) is 4.90 Å². The Morgan fingerprint density at radius 1 is 0.875 bits per heavy atom. The number of benzene rings is 3.